The highest BCUT2D eigenvalue weighted by Crippen LogP contribution is 2.14. The smallest absolute Gasteiger partial charge is 0.320 e. The van der Waals surface area contributed by atoms with E-state index in [1.54, 1.807) is 0 Å². The Kier molecular flexibility index (Phi) is 32.3. The number of rotatable bonds is 34. The molecule has 40 heavy (non-hydrogen) atoms. The third-order valence-electron chi connectivity index (χ3n) is 8.13. The Hall–Kier alpha value is -0.650. The van der Waals surface area contributed by atoms with Crippen LogP contribution in [0.4, 0.5) is 0 Å². The van der Waals surface area contributed by atoms with Gasteiger partial charge in [0.1, 0.15) is 6.04 Å². The fraction of sp³-hybridized carbons (Fsp3) is 0.971. The molecule has 0 saturated carbocycles. The van der Waals surface area contributed by atoms with Crippen molar-refractivity contribution in [1.29, 1.82) is 0 Å². The molecule has 2 atom stereocenters. The highest BCUT2D eigenvalue weighted by Gasteiger charge is 2.19. The molecule has 5 nitrogen and oxygen atoms in total. The summed E-state index contributed by atoms with van der Waals surface area (Å²) in [5.41, 5.74) is 5.78. The Bertz CT molecular complexity index is 502. The standard InChI is InChI=1S/C35H71NO4/c1-3-5-7-9-11-13-15-16-17-18-19-20-21-23-25-27-29-39-32-33(31-34(36)35(37)38)40-30-28-26-24-22-14-12-10-8-6-4-2/h33-34H,3-32,36H2,1-2H3,(H,37,38). The molecule has 0 spiro atoms. The lowest BCUT2D eigenvalue weighted by atomic mass is 10.0. The molecule has 0 aliphatic heterocycles. The topological polar surface area (TPSA) is 81.8 Å². The van der Waals surface area contributed by atoms with Gasteiger partial charge in [0.25, 0.3) is 0 Å². The van der Waals surface area contributed by atoms with Gasteiger partial charge in [-0.05, 0) is 12.8 Å². The molecule has 0 fully saturated rings. The number of hydrogen-bond acceptors (Lipinski definition) is 4. The maximum atomic E-state index is 11.2. The van der Waals surface area contributed by atoms with Crippen molar-refractivity contribution in [1.82, 2.24) is 0 Å². The average Bonchev–Trinajstić information content (AvgIpc) is 2.94. The van der Waals surface area contributed by atoms with Crippen LogP contribution in [-0.4, -0.2) is 43.0 Å². The highest BCUT2D eigenvalue weighted by molar-refractivity contribution is 5.73. The van der Waals surface area contributed by atoms with Crippen molar-refractivity contribution >= 4 is 5.97 Å². The van der Waals surface area contributed by atoms with E-state index in [0.29, 0.717) is 19.6 Å². The molecule has 0 radical (unpaired) electrons. The summed E-state index contributed by atoms with van der Waals surface area (Å²) in [7, 11) is 0. The summed E-state index contributed by atoms with van der Waals surface area (Å²) in [4.78, 5) is 11.2. The van der Waals surface area contributed by atoms with Crippen LogP contribution >= 0.6 is 0 Å². The van der Waals surface area contributed by atoms with Crippen LogP contribution in [0.5, 0.6) is 0 Å². The Morgan fingerprint density at radius 3 is 1.23 bits per heavy atom. The van der Waals surface area contributed by atoms with Gasteiger partial charge in [-0.2, -0.15) is 0 Å². The maximum absolute atomic E-state index is 11.2. The Balaban J connectivity index is 3.65. The number of carbonyl (C=O) groups is 1. The molecular formula is C35H71NO4. The first kappa shape index (κ1) is 39.4. The van der Waals surface area contributed by atoms with E-state index in [1.165, 1.54) is 154 Å². The van der Waals surface area contributed by atoms with Crippen molar-refractivity contribution in [3.8, 4) is 0 Å². The van der Waals surface area contributed by atoms with E-state index in [4.69, 9.17) is 15.2 Å². The van der Waals surface area contributed by atoms with E-state index in [2.05, 4.69) is 13.8 Å². The van der Waals surface area contributed by atoms with Crippen LogP contribution in [0, 0.1) is 0 Å². The van der Waals surface area contributed by atoms with E-state index in [-0.39, 0.29) is 6.10 Å². The maximum Gasteiger partial charge on any atom is 0.320 e. The van der Waals surface area contributed by atoms with Crippen molar-refractivity contribution in [2.24, 2.45) is 5.73 Å². The molecule has 2 unspecified atom stereocenters. The third kappa shape index (κ3) is 30.3. The first-order chi connectivity index (χ1) is 19.6. The predicted molar refractivity (Wildman–Crippen MR) is 172 cm³/mol. The number of aliphatic carboxylic acids is 1. The first-order valence-electron chi connectivity index (χ1n) is 17.8. The lowest BCUT2D eigenvalue weighted by Gasteiger charge is -2.20. The van der Waals surface area contributed by atoms with E-state index in [1.807, 2.05) is 0 Å². The van der Waals surface area contributed by atoms with Gasteiger partial charge >= 0.3 is 5.97 Å². The second-order valence-corrected chi connectivity index (χ2v) is 12.2. The quantitative estimate of drug-likeness (QED) is 0.0753. The molecule has 0 aromatic carbocycles. The summed E-state index contributed by atoms with van der Waals surface area (Å²) < 4.78 is 11.9. The molecule has 0 amide bonds. The minimum atomic E-state index is -0.967. The lowest BCUT2D eigenvalue weighted by Crippen LogP contribution is -2.36. The number of ether oxygens (including phenoxy) is 2. The van der Waals surface area contributed by atoms with Crippen LogP contribution in [0.2, 0.25) is 0 Å². The zero-order chi connectivity index (χ0) is 29.4. The van der Waals surface area contributed by atoms with Crippen LogP contribution in [0.15, 0.2) is 0 Å². The van der Waals surface area contributed by atoms with Gasteiger partial charge in [0.15, 0.2) is 0 Å². The lowest BCUT2D eigenvalue weighted by molar-refractivity contribution is -0.140. The molecule has 0 aliphatic carbocycles. The van der Waals surface area contributed by atoms with Gasteiger partial charge in [-0.15, -0.1) is 0 Å². The van der Waals surface area contributed by atoms with Crippen molar-refractivity contribution in [2.75, 3.05) is 19.8 Å². The van der Waals surface area contributed by atoms with Crippen LogP contribution in [0.25, 0.3) is 0 Å². The summed E-state index contributed by atoms with van der Waals surface area (Å²) in [6.45, 7) is 6.37. The normalized spacial score (nSPS) is 13.1. The predicted octanol–water partition coefficient (Wildman–Crippen LogP) is 10.4. The SMILES string of the molecule is CCCCCCCCCCCCCCCCCCOCC(CC(N)C(=O)O)OCCCCCCCCCCCC. The van der Waals surface area contributed by atoms with Crippen molar-refractivity contribution in [3.63, 3.8) is 0 Å². The molecular weight excluding hydrogens is 498 g/mol. The van der Waals surface area contributed by atoms with E-state index < -0.39 is 12.0 Å². The fourth-order valence-electron chi connectivity index (χ4n) is 5.37. The van der Waals surface area contributed by atoms with Crippen LogP contribution in [-0.2, 0) is 14.3 Å². The fourth-order valence-corrected chi connectivity index (χ4v) is 5.37. The van der Waals surface area contributed by atoms with Crippen molar-refractivity contribution in [2.45, 2.75) is 199 Å². The minimum absolute atomic E-state index is 0.231. The number of carboxylic acids is 1. The summed E-state index contributed by atoms with van der Waals surface area (Å²) in [5, 5.41) is 9.20. The van der Waals surface area contributed by atoms with Crippen molar-refractivity contribution in [3.05, 3.63) is 0 Å². The van der Waals surface area contributed by atoms with Crippen LogP contribution < -0.4 is 5.73 Å². The molecule has 0 aliphatic rings. The largest absolute Gasteiger partial charge is 0.480 e. The van der Waals surface area contributed by atoms with Crippen molar-refractivity contribution < 1.29 is 19.4 Å². The summed E-state index contributed by atoms with van der Waals surface area (Å²) in [5.74, 6) is -0.967. The average molecular weight is 570 g/mol. The van der Waals surface area contributed by atoms with Gasteiger partial charge in [-0.25, -0.2) is 0 Å². The van der Waals surface area contributed by atoms with Gasteiger partial charge < -0.3 is 20.3 Å². The number of unbranched alkanes of at least 4 members (excludes halogenated alkanes) is 24. The molecule has 0 saturated heterocycles. The monoisotopic (exact) mass is 570 g/mol. The second-order valence-electron chi connectivity index (χ2n) is 12.2. The molecule has 5 heteroatoms. The second kappa shape index (κ2) is 32.9. The number of hydrogen-bond donors (Lipinski definition) is 2. The van der Waals surface area contributed by atoms with E-state index in [0.717, 1.165) is 19.4 Å². The molecule has 0 bridgehead atoms. The van der Waals surface area contributed by atoms with Gasteiger partial charge in [0.05, 0.1) is 12.7 Å². The van der Waals surface area contributed by atoms with Crippen LogP contribution in [0.3, 0.4) is 0 Å². The Morgan fingerprint density at radius 1 is 0.550 bits per heavy atom. The molecule has 0 rings (SSSR count). The molecule has 0 aromatic rings. The Labute approximate surface area is 250 Å². The zero-order valence-electron chi connectivity index (χ0n) is 27.1. The zero-order valence-corrected chi connectivity index (χ0v) is 27.1. The van der Waals surface area contributed by atoms with Gasteiger partial charge in [-0.1, -0.05) is 168 Å². The number of nitrogens with two attached hydrogens (primary N) is 1. The summed E-state index contributed by atoms with van der Waals surface area (Å²) in [6, 6.07) is -0.892. The summed E-state index contributed by atoms with van der Waals surface area (Å²) >= 11 is 0. The third-order valence-corrected chi connectivity index (χ3v) is 8.13. The van der Waals surface area contributed by atoms with Gasteiger partial charge in [0, 0.05) is 19.6 Å². The minimum Gasteiger partial charge on any atom is -0.480 e. The molecule has 3 N–H and O–H groups in total. The Morgan fingerprint density at radius 2 is 0.875 bits per heavy atom. The first-order valence-corrected chi connectivity index (χ1v) is 17.8. The molecule has 0 heterocycles. The van der Waals surface area contributed by atoms with Crippen LogP contribution in [0.1, 0.15) is 187 Å². The molecule has 240 valence electrons. The summed E-state index contributed by atoms with van der Waals surface area (Å²) in [6.07, 6.45) is 34.8. The van der Waals surface area contributed by atoms with Gasteiger partial charge in [0.2, 0.25) is 0 Å². The highest BCUT2D eigenvalue weighted by atomic mass is 16.5. The van der Waals surface area contributed by atoms with E-state index >= 15 is 0 Å². The van der Waals surface area contributed by atoms with Gasteiger partial charge in [-0.3, -0.25) is 4.79 Å². The van der Waals surface area contributed by atoms with E-state index in [9.17, 15) is 9.90 Å². The number of carboxylic acid groups (broad SMARTS) is 1. The molecule has 0 aromatic heterocycles.